The highest BCUT2D eigenvalue weighted by atomic mass is 35.5. The summed E-state index contributed by atoms with van der Waals surface area (Å²) in [5, 5.41) is 10.5. The van der Waals surface area contributed by atoms with Gasteiger partial charge in [-0.25, -0.2) is 0 Å². The van der Waals surface area contributed by atoms with Gasteiger partial charge in [0, 0.05) is 38.4 Å². The maximum absolute atomic E-state index is 7.17. The molecule has 4 unspecified atom stereocenters. The van der Waals surface area contributed by atoms with Crippen LogP contribution in [-0.4, -0.2) is 31.2 Å². The summed E-state index contributed by atoms with van der Waals surface area (Å²) in [6.07, 6.45) is 9.34. The van der Waals surface area contributed by atoms with Crippen molar-refractivity contribution in [2.75, 3.05) is 0 Å². The number of nitrogens with zero attached hydrogens (tertiary/aromatic N) is 4. The van der Waals surface area contributed by atoms with Crippen LogP contribution in [-0.2, 0) is 33.4 Å². The summed E-state index contributed by atoms with van der Waals surface area (Å²) in [5.41, 5.74) is 10.8. The third kappa shape index (κ3) is 5.73. The van der Waals surface area contributed by atoms with Crippen LogP contribution in [0.1, 0.15) is 54.3 Å². The fourth-order valence-corrected chi connectivity index (χ4v) is 6.78. The second kappa shape index (κ2) is 11.1. The van der Waals surface area contributed by atoms with Crippen LogP contribution in [0.3, 0.4) is 0 Å². The molecule has 40 heavy (non-hydrogen) atoms. The van der Waals surface area contributed by atoms with E-state index in [4.69, 9.17) is 38.4 Å². The molecule has 6 rings (SSSR count). The van der Waals surface area contributed by atoms with E-state index in [-0.39, 0.29) is 18.1 Å². The van der Waals surface area contributed by atoms with Gasteiger partial charge in [0.15, 0.2) is 0 Å². The molecule has 0 amide bonds. The van der Waals surface area contributed by atoms with Gasteiger partial charge >= 0.3 is 0 Å². The van der Waals surface area contributed by atoms with Crippen molar-refractivity contribution >= 4 is 23.2 Å². The van der Waals surface area contributed by atoms with E-state index in [2.05, 4.69) is 40.5 Å². The van der Waals surface area contributed by atoms with Gasteiger partial charge in [0.2, 0.25) is 0 Å². The lowest BCUT2D eigenvalue weighted by atomic mass is 9.68. The standard InChI is InChI=1S/C31H35Cl2N5O2/c1-37-18-25(32)27(35-37)16-22-15-24(12-13-31(22,34)17-28-26(33)19-38(2)36-28)39-23-9-11-30-21(14-23)8-10-29(40-30)20-6-4-3-5-7-20/h3-7,9,11,14,18-19,22,24,29H,8,10,12-13,15-17,34H2,1-2H3. The Balaban J connectivity index is 1.18. The Bertz CT molecular complexity index is 1490. The highest BCUT2D eigenvalue weighted by Gasteiger charge is 2.43. The lowest BCUT2D eigenvalue weighted by molar-refractivity contribution is 0.0682. The van der Waals surface area contributed by atoms with Crippen LogP contribution >= 0.6 is 23.2 Å². The number of aromatic nitrogens is 4. The predicted octanol–water partition coefficient (Wildman–Crippen LogP) is 6.26. The summed E-state index contributed by atoms with van der Waals surface area (Å²) < 4.78 is 16.4. The molecule has 4 atom stereocenters. The molecule has 1 fully saturated rings. The molecule has 0 spiro atoms. The van der Waals surface area contributed by atoms with Crippen molar-refractivity contribution in [2.45, 2.75) is 62.7 Å². The van der Waals surface area contributed by atoms with Crippen LogP contribution in [0, 0.1) is 5.92 Å². The predicted molar refractivity (Wildman–Crippen MR) is 157 cm³/mol. The first-order chi connectivity index (χ1) is 19.3. The Labute approximate surface area is 245 Å². The number of halogens is 2. The molecule has 2 aromatic heterocycles. The van der Waals surface area contributed by atoms with E-state index in [0.29, 0.717) is 22.9 Å². The average molecular weight is 581 g/mol. The van der Waals surface area contributed by atoms with Crippen molar-refractivity contribution in [3.05, 3.63) is 93.5 Å². The lowest BCUT2D eigenvalue weighted by Gasteiger charge is -2.44. The second-order valence-electron chi connectivity index (χ2n) is 11.3. The Hall–Kier alpha value is -3.00. The minimum Gasteiger partial charge on any atom is -0.490 e. The number of nitrogens with two attached hydrogens (primary N) is 1. The zero-order valence-electron chi connectivity index (χ0n) is 22.9. The van der Waals surface area contributed by atoms with Gasteiger partial charge in [0.05, 0.1) is 27.5 Å². The van der Waals surface area contributed by atoms with Gasteiger partial charge in [-0.3, -0.25) is 9.36 Å². The van der Waals surface area contributed by atoms with Crippen LogP contribution in [0.5, 0.6) is 11.5 Å². The summed E-state index contributed by atoms with van der Waals surface area (Å²) in [4.78, 5) is 0. The van der Waals surface area contributed by atoms with Gasteiger partial charge in [-0.05, 0) is 73.8 Å². The van der Waals surface area contributed by atoms with Crippen LogP contribution in [0.15, 0.2) is 60.9 Å². The van der Waals surface area contributed by atoms with Crippen LogP contribution in [0.2, 0.25) is 10.0 Å². The van der Waals surface area contributed by atoms with E-state index in [1.807, 2.05) is 44.7 Å². The van der Waals surface area contributed by atoms with Crippen LogP contribution in [0.25, 0.3) is 0 Å². The zero-order valence-corrected chi connectivity index (χ0v) is 24.4. The SMILES string of the molecule is Cn1cc(Cl)c(CC2CC(Oc3ccc4c(c3)CCC(c3ccccc3)O4)CCC2(N)Cc2nn(C)cc2Cl)n1. The van der Waals surface area contributed by atoms with Gasteiger partial charge in [0.1, 0.15) is 17.6 Å². The molecule has 7 nitrogen and oxygen atoms in total. The minimum atomic E-state index is -0.505. The summed E-state index contributed by atoms with van der Waals surface area (Å²) >= 11 is 13.0. The molecule has 1 saturated carbocycles. The lowest BCUT2D eigenvalue weighted by Crippen LogP contribution is -2.55. The Morgan fingerprint density at radius 2 is 1.73 bits per heavy atom. The molecular weight excluding hydrogens is 545 g/mol. The molecule has 3 heterocycles. The molecule has 2 aromatic carbocycles. The number of benzene rings is 2. The van der Waals surface area contributed by atoms with Crippen molar-refractivity contribution in [2.24, 2.45) is 25.7 Å². The molecule has 2 N–H and O–H groups in total. The molecular formula is C31H35Cl2N5O2. The summed E-state index contributed by atoms with van der Waals surface area (Å²) in [6.45, 7) is 0. The first-order valence-electron chi connectivity index (χ1n) is 13.9. The quantitative estimate of drug-likeness (QED) is 0.279. The highest BCUT2D eigenvalue weighted by molar-refractivity contribution is 6.31. The van der Waals surface area contributed by atoms with Gasteiger partial charge in [0.25, 0.3) is 0 Å². The van der Waals surface area contributed by atoms with Crippen molar-refractivity contribution in [3.8, 4) is 11.5 Å². The Morgan fingerprint density at radius 1 is 1.00 bits per heavy atom. The first-order valence-corrected chi connectivity index (χ1v) is 14.7. The number of hydrogen-bond acceptors (Lipinski definition) is 5. The molecule has 1 aliphatic heterocycles. The van der Waals surface area contributed by atoms with Crippen LogP contribution < -0.4 is 15.2 Å². The van der Waals surface area contributed by atoms with E-state index < -0.39 is 5.54 Å². The zero-order chi connectivity index (χ0) is 27.9. The fourth-order valence-electron chi connectivity index (χ4n) is 6.28. The van der Waals surface area contributed by atoms with Gasteiger partial charge < -0.3 is 15.2 Å². The molecule has 0 saturated heterocycles. The van der Waals surface area contributed by atoms with Gasteiger partial charge in [-0.2, -0.15) is 10.2 Å². The monoisotopic (exact) mass is 579 g/mol. The van der Waals surface area contributed by atoms with Crippen LogP contribution in [0.4, 0.5) is 0 Å². The largest absolute Gasteiger partial charge is 0.490 e. The highest BCUT2D eigenvalue weighted by Crippen LogP contribution is 2.41. The molecule has 0 radical (unpaired) electrons. The smallest absolute Gasteiger partial charge is 0.124 e. The third-order valence-corrected chi connectivity index (χ3v) is 9.02. The third-order valence-electron chi connectivity index (χ3n) is 8.39. The normalized spacial score (nSPS) is 24.4. The number of fused-ring (bicyclic) bond motifs is 1. The van der Waals surface area contributed by atoms with E-state index in [9.17, 15) is 0 Å². The number of aryl methyl sites for hydroxylation is 3. The molecule has 2 aliphatic rings. The molecule has 210 valence electrons. The Kier molecular flexibility index (Phi) is 7.55. The van der Waals surface area contributed by atoms with Crippen molar-refractivity contribution in [1.29, 1.82) is 0 Å². The van der Waals surface area contributed by atoms with E-state index in [0.717, 1.165) is 55.0 Å². The molecule has 0 bridgehead atoms. The average Bonchev–Trinajstić information content (AvgIpc) is 3.43. The summed E-state index contributed by atoms with van der Waals surface area (Å²) in [6, 6.07) is 16.6. The van der Waals surface area contributed by atoms with Gasteiger partial charge in [-0.1, -0.05) is 53.5 Å². The topological polar surface area (TPSA) is 80.1 Å². The first kappa shape index (κ1) is 27.2. The molecule has 1 aliphatic carbocycles. The summed E-state index contributed by atoms with van der Waals surface area (Å²) in [7, 11) is 3.76. The maximum Gasteiger partial charge on any atom is 0.124 e. The molecule has 9 heteroatoms. The minimum absolute atomic E-state index is 0.0305. The molecule has 4 aromatic rings. The summed E-state index contributed by atoms with van der Waals surface area (Å²) in [5.74, 6) is 1.90. The van der Waals surface area contributed by atoms with Crippen molar-refractivity contribution < 1.29 is 9.47 Å². The van der Waals surface area contributed by atoms with Crippen molar-refractivity contribution in [1.82, 2.24) is 19.6 Å². The fraction of sp³-hybridized carbons (Fsp3) is 0.419. The van der Waals surface area contributed by atoms with E-state index in [1.165, 1.54) is 11.1 Å². The maximum atomic E-state index is 7.17. The van der Waals surface area contributed by atoms with Gasteiger partial charge in [-0.15, -0.1) is 0 Å². The number of ether oxygens (including phenoxy) is 2. The Morgan fingerprint density at radius 3 is 2.42 bits per heavy atom. The van der Waals surface area contributed by atoms with Crippen molar-refractivity contribution in [3.63, 3.8) is 0 Å². The second-order valence-corrected chi connectivity index (χ2v) is 12.2. The van der Waals surface area contributed by atoms with E-state index in [1.54, 1.807) is 9.36 Å². The number of rotatable bonds is 7. The van der Waals surface area contributed by atoms with E-state index >= 15 is 0 Å². The number of hydrogen-bond donors (Lipinski definition) is 1.